The number of nitrogens with two attached hydrogens (primary N) is 1. The number of nitrogens with one attached hydrogen (secondary N) is 1. The Labute approximate surface area is 189 Å². The van der Waals surface area contributed by atoms with E-state index in [2.05, 4.69) is 15.2 Å². The number of primary amides is 1. The summed E-state index contributed by atoms with van der Waals surface area (Å²) in [4.78, 5) is 17.9. The summed E-state index contributed by atoms with van der Waals surface area (Å²) >= 11 is 1.31. The molecule has 2 bridgehead atoms. The fourth-order valence-electron chi connectivity index (χ4n) is 4.87. The van der Waals surface area contributed by atoms with Crippen LogP contribution in [0.1, 0.15) is 25.7 Å². The quantitative estimate of drug-likeness (QED) is 0.554. The van der Waals surface area contributed by atoms with Crippen LogP contribution in [0.25, 0.3) is 10.2 Å². The van der Waals surface area contributed by atoms with Crippen molar-refractivity contribution in [2.75, 3.05) is 13.2 Å². The molecule has 7 nitrogen and oxygen atoms in total. The molecular formula is C23H25FN4O3S. The number of piperidine rings is 1. The number of hydrogen-bond acceptors (Lipinski definition) is 6. The molecule has 3 heterocycles. The Kier molecular flexibility index (Phi) is 5.84. The van der Waals surface area contributed by atoms with Crippen LogP contribution in [0.4, 0.5) is 9.18 Å². The van der Waals surface area contributed by atoms with Gasteiger partial charge in [0.25, 0.3) is 5.19 Å². The lowest BCUT2D eigenvalue weighted by atomic mass is 9.97. The van der Waals surface area contributed by atoms with Gasteiger partial charge in [-0.2, -0.15) is 4.98 Å². The number of carbonyl (C=O) groups is 1. The van der Waals surface area contributed by atoms with Crippen LogP contribution in [0.3, 0.4) is 0 Å². The predicted octanol–water partition coefficient (Wildman–Crippen LogP) is 4.27. The number of urea groups is 1. The van der Waals surface area contributed by atoms with Crippen molar-refractivity contribution in [2.24, 2.45) is 5.73 Å². The lowest BCUT2D eigenvalue weighted by Gasteiger charge is -2.38. The molecule has 2 aromatic carbocycles. The number of nitrogens with zero attached hydrogens (tertiary/aromatic N) is 2. The van der Waals surface area contributed by atoms with Gasteiger partial charge in [-0.1, -0.05) is 17.4 Å². The molecule has 1 unspecified atom stereocenters. The number of ether oxygens (including phenoxy) is 2. The van der Waals surface area contributed by atoms with Crippen LogP contribution in [0, 0.1) is 5.82 Å². The third kappa shape index (κ3) is 4.49. The SMILES string of the molecule is NC(=O)NC1C[C@H]2CC[C@@H](C1)N2CCOc1ccc(Oc2nc3c(F)cccc3s2)cc1. The van der Waals surface area contributed by atoms with Gasteiger partial charge in [-0.3, -0.25) is 4.90 Å². The summed E-state index contributed by atoms with van der Waals surface area (Å²) in [6.07, 6.45) is 4.20. The molecule has 5 rings (SSSR count). The minimum atomic E-state index is -0.436. The fourth-order valence-corrected chi connectivity index (χ4v) is 5.72. The van der Waals surface area contributed by atoms with E-state index in [9.17, 15) is 9.18 Å². The summed E-state index contributed by atoms with van der Waals surface area (Å²) in [5, 5.41) is 3.27. The maximum Gasteiger partial charge on any atom is 0.312 e. The molecule has 0 spiro atoms. The van der Waals surface area contributed by atoms with Crippen molar-refractivity contribution >= 4 is 27.6 Å². The fraction of sp³-hybridized carbons (Fsp3) is 0.391. The van der Waals surface area contributed by atoms with E-state index >= 15 is 0 Å². The second kappa shape index (κ2) is 8.91. The third-order valence-electron chi connectivity index (χ3n) is 6.23. The molecule has 1 aromatic heterocycles. The lowest BCUT2D eigenvalue weighted by Crippen LogP contribution is -2.52. The van der Waals surface area contributed by atoms with Crippen LogP contribution >= 0.6 is 11.3 Å². The highest BCUT2D eigenvalue weighted by Gasteiger charge is 2.40. The minimum absolute atomic E-state index is 0.182. The largest absolute Gasteiger partial charge is 0.492 e. The first-order chi connectivity index (χ1) is 15.5. The first kappa shape index (κ1) is 21.0. The number of fused-ring (bicyclic) bond motifs is 3. The second-order valence-electron chi connectivity index (χ2n) is 8.29. The van der Waals surface area contributed by atoms with Gasteiger partial charge >= 0.3 is 6.03 Å². The average Bonchev–Trinajstić information content (AvgIpc) is 3.27. The van der Waals surface area contributed by atoms with E-state index in [1.807, 2.05) is 30.3 Å². The van der Waals surface area contributed by atoms with Crippen LogP contribution in [0.2, 0.25) is 0 Å². The molecule has 3 N–H and O–H groups in total. The van der Waals surface area contributed by atoms with Crippen LogP contribution in [-0.2, 0) is 0 Å². The summed E-state index contributed by atoms with van der Waals surface area (Å²) in [6, 6.07) is 12.9. The molecule has 0 saturated carbocycles. The Morgan fingerprint density at radius 2 is 1.88 bits per heavy atom. The van der Waals surface area contributed by atoms with E-state index in [-0.39, 0.29) is 11.9 Å². The summed E-state index contributed by atoms with van der Waals surface area (Å²) in [5.74, 6) is 1.04. The molecule has 2 fully saturated rings. The zero-order chi connectivity index (χ0) is 22.1. The Bertz CT molecular complexity index is 1090. The van der Waals surface area contributed by atoms with E-state index in [1.54, 1.807) is 6.07 Å². The number of hydrogen-bond donors (Lipinski definition) is 2. The molecule has 32 heavy (non-hydrogen) atoms. The van der Waals surface area contributed by atoms with Gasteiger partial charge in [0, 0.05) is 24.7 Å². The summed E-state index contributed by atoms with van der Waals surface area (Å²) in [7, 11) is 0. The van der Waals surface area contributed by atoms with Gasteiger partial charge in [-0.25, -0.2) is 9.18 Å². The van der Waals surface area contributed by atoms with Gasteiger partial charge in [0.05, 0.1) is 4.70 Å². The highest BCUT2D eigenvalue weighted by Crippen LogP contribution is 2.36. The number of para-hydroxylation sites is 1. The Morgan fingerprint density at radius 1 is 1.16 bits per heavy atom. The number of rotatable bonds is 7. The van der Waals surface area contributed by atoms with E-state index in [1.165, 1.54) is 17.4 Å². The second-order valence-corrected chi connectivity index (χ2v) is 9.28. The maximum atomic E-state index is 13.8. The van der Waals surface area contributed by atoms with Gasteiger partial charge < -0.3 is 20.5 Å². The first-order valence-corrected chi connectivity index (χ1v) is 11.6. The van der Waals surface area contributed by atoms with Crippen LogP contribution in [0.5, 0.6) is 16.7 Å². The molecule has 168 valence electrons. The van der Waals surface area contributed by atoms with Crippen molar-refractivity contribution in [1.82, 2.24) is 15.2 Å². The lowest BCUT2D eigenvalue weighted by molar-refractivity contribution is 0.1000. The van der Waals surface area contributed by atoms with E-state index in [0.717, 1.165) is 42.7 Å². The number of halogens is 1. The van der Waals surface area contributed by atoms with Crippen molar-refractivity contribution in [3.63, 3.8) is 0 Å². The van der Waals surface area contributed by atoms with E-state index in [0.29, 0.717) is 35.2 Å². The summed E-state index contributed by atoms with van der Waals surface area (Å²) in [6.45, 7) is 1.45. The van der Waals surface area contributed by atoms with Gasteiger partial charge in [0.1, 0.15) is 29.4 Å². The highest BCUT2D eigenvalue weighted by molar-refractivity contribution is 7.20. The monoisotopic (exact) mass is 456 g/mol. The molecule has 0 aliphatic carbocycles. The van der Waals surface area contributed by atoms with Crippen LogP contribution < -0.4 is 20.5 Å². The zero-order valence-corrected chi connectivity index (χ0v) is 18.3. The minimum Gasteiger partial charge on any atom is -0.492 e. The highest BCUT2D eigenvalue weighted by atomic mass is 32.1. The van der Waals surface area contributed by atoms with Crippen molar-refractivity contribution in [3.8, 4) is 16.7 Å². The molecule has 0 radical (unpaired) electrons. The molecule has 2 amide bonds. The Hall–Kier alpha value is -2.91. The Balaban J connectivity index is 1.12. The molecule has 2 saturated heterocycles. The molecule has 3 aromatic rings. The van der Waals surface area contributed by atoms with Gasteiger partial charge in [0.2, 0.25) is 0 Å². The van der Waals surface area contributed by atoms with E-state index in [4.69, 9.17) is 15.2 Å². The molecule has 2 aliphatic rings. The Morgan fingerprint density at radius 3 is 2.56 bits per heavy atom. The third-order valence-corrected chi connectivity index (χ3v) is 7.13. The maximum absolute atomic E-state index is 13.8. The number of carbonyl (C=O) groups excluding carboxylic acids is 1. The van der Waals surface area contributed by atoms with E-state index < -0.39 is 6.03 Å². The molecule has 2 aliphatic heterocycles. The number of thiazole rings is 1. The van der Waals surface area contributed by atoms with Crippen molar-refractivity contribution < 1.29 is 18.7 Å². The zero-order valence-electron chi connectivity index (χ0n) is 17.5. The van der Waals surface area contributed by atoms with Crippen LogP contribution in [0.15, 0.2) is 42.5 Å². The summed E-state index contributed by atoms with van der Waals surface area (Å²) in [5.41, 5.74) is 5.61. The topological polar surface area (TPSA) is 89.7 Å². The number of benzene rings is 2. The van der Waals surface area contributed by atoms with Gasteiger partial charge in [-0.05, 0) is 62.1 Å². The molecule has 9 heteroatoms. The van der Waals surface area contributed by atoms with Gasteiger partial charge in [-0.15, -0.1) is 0 Å². The van der Waals surface area contributed by atoms with Crippen LogP contribution in [-0.4, -0.2) is 47.2 Å². The predicted molar refractivity (Wildman–Crippen MR) is 121 cm³/mol. The standard InChI is InChI=1S/C23H25FN4O3S/c24-19-2-1-3-20-21(19)27-23(32-20)31-18-8-6-17(7-9-18)30-11-10-28-15-4-5-16(28)13-14(12-15)26-22(25)29/h1-3,6-9,14-16H,4-5,10-13H2,(H3,25,26,29)/t14?,15-,16+. The normalized spacial score (nSPS) is 22.7. The smallest absolute Gasteiger partial charge is 0.312 e. The number of aromatic nitrogens is 1. The van der Waals surface area contributed by atoms with Crippen molar-refractivity contribution in [3.05, 3.63) is 48.3 Å². The summed E-state index contributed by atoms with van der Waals surface area (Å²) < 4.78 is 26.3. The average molecular weight is 457 g/mol. The molecular weight excluding hydrogens is 431 g/mol. The van der Waals surface area contributed by atoms with Gasteiger partial charge in [0.15, 0.2) is 0 Å². The number of amides is 2. The first-order valence-electron chi connectivity index (χ1n) is 10.8. The van der Waals surface area contributed by atoms with Crippen molar-refractivity contribution in [1.29, 1.82) is 0 Å². The molecule has 3 atom stereocenters. The van der Waals surface area contributed by atoms with Crippen molar-refractivity contribution in [2.45, 2.75) is 43.8 Å².